The van der Waals surface area contributed by atoms with Crippen LogP contribution < -0.4 is 10.6 Å². The Hall–Kier alpha value is -1.51. The van der Waals surface area contributed by atoms with Crippen LogP contribution in [0.1, 0.15) is 62.4 Å². The molecule has 0 unspecified atom stereocenters. The molecule has 0 aliphatic carbocycles. The molecule has 0 bridgehead atoms. The first-order chi connectivity index (χ1) is 10.0. The molecule has 116 valence electrons. The first-order valence-corrected chi connectivity index (χ1v) is 8.17. The summed E-state index contributed by atoms with van der Waals surface area (Å²) in [6.07, 6.45) is 5.97. The van der Waals surface area contributed by atoms with Crippen molar-refractivity contribution in [2.75, 3.05) is 18.4 Å². The van der Waals surface area contributed by atoms with Gasteiger partial charge in [0.25, 0.3) is 5.91 Å². The van der Waals surface area contributed by atoms with Gasteiger partial charge < -0.3 is 10.6 Å². The fourth-order valence-electron chi connectivity index (χ4n) is 2.80. The van der Waals surface area contributed by atoms with Gasteiger partial charge in [-0.3, -0.25) is 4.79 Å². The summed E-state index contributed by atoms with van der Waals surface area (Å²) in [6, 6.07) is 5.98. The lowest BCUT2D eigenvalue weighted by atomic mass is 9.87. The zero-order valence-corrected chi connectivity index (χ0v) is 13.6. The van der Waals surface area contributed by atoms with Crippen molar-refractivity contribution in [1.82, 2.24) is 5.32 Å². The largest absolute Gasteiger partial charge is 0.384 e. The highest BCUT2D eigenvalue weighted by molar-refractivity contribution is 5.95. The van der Waals surface area contributed by atoms with E-state index >= 15 is 0 Å². The Morgan fingerprint density at radius 2 is 2.14 bits per heavy atom. The normalized spacial score (nSPS) is 13.7. The molecule has 0 saturated heterocycles. The molecule has 0 fully saturated rings. The number of benzene rings is 1. The average Bonchev–Trinajstić information content (AvgIpc) is 2.92. The highest BCUT2D eigenvalue weighted by Crippen LogP contribution is 2.24. The third-order valence-corrected chi connectivity index (χ3v) is 4.27. The van der Waals surface area contributed by atoms with Gasteiger partial charge in [0.05, 0.1) is 0 Å². The van der Waals surface area contributed by atoms with Crippen molar-refractivity contribution in [2.45, 2.75) is 52.9 Å². The van der Waals surface area contributed by atoms with E-state index < -0.39 is 0 Å². The van der Waals surface area contributed by atoms with Crippen LogP contribution in [0.3, 0.4) is 0 Å². The van der Waals surface area contributed by atoms with Crippen molar-refractivity contribution in [3.05, 3.63) is 29.3 Å². The number of carbonyl (C=O) groups excluding carboxylic acids is 1. The predicted octanol–water partition coefficient (Wildman–Crippen LogP) is 3.99. The molecule has 0 aromatic heterocycles. The van der Waals surface area contributed by atoms with E-state index in [1.807, 2.05) is 12.1 Å². The molecule has 3 heteroatoms. The maximum absolute atomic E-state index is 12.3. The van der Waals surface area contributed by atoms with Crippen LogP contribution in [0.5, 0.6) is 0 Å². The molecule has 1 aliphatic rings. The second kappa shape index (κ2) is 6.97. The Bertz CT molecular complexity index is 494. The number of hydrogen-bond acceptors (Lipinski definition) is 2. The van der Waals surface area contributed by atoms with E-state index in [2.05, 4.69) is 37.5 Å². The number of anilines is 1. The van der Waals surface area contributed by atoms with Gasteiger partial charge in [-0.05, 0) is 36.0 Å². The van der Waals surface area contributed by atoms with Crippen molar-refractivity contribution in [3.8, 4) is 0 Å². The molecule has 0 radical (unpaired) electrons. The first-order valence-electron chi connectivity index (χ1n) is 8.17. The molecule has 0 saturated carbocycles. The molecular weight excluding hydrogens is 260 g/mol. The monoisotopic (exact) mass is 288 g/mol. The van der Waals surface area contributed by atoms with Gasteiger partial charge in [0.1, 0.15) is 0 Å². The molecular formula is C18H28N2O. The second-order valence-electron chi connectivity index (χ2n) is 6.85. The molecule has 3 nitrogen and oxygen atoms in total. The zero-order valence-electron chi connectivity index (χ0n) is 13.6. The number of carbonyl (C=O) groups is 1. The van der Waals surface area contributed by atoms with Gasteiger partial charge in [0.2, 0.25) is 0 Å². The lowest BCUT2D eigenvalue weighted by Crippen LogP contribution is -2.34. The molecule has 1 aromatic carbocycles. The van der Waals surface area contributed by atoms with Crippen LogP contribution in [0.4, 0.5) is 5.69 Å². The molecule has 1 aliphatic heterocycles. The Balaban J connectivity index is 1.86. The number of rotatable bonds is 7. The van der Waals surface area contributed by atoms with Crippen molar-refractivity contribution in [3.63, 3.8) is 0 Å². The van der Waals surface area contributed by atoms with Crippen LogP contribution in [0, 0.1) is 5.41 Å². The maximum atomic E-state index is 12.3. The second-order valence-corrected chi connectivity index (χ2v) is 6.85. The molecule has 0 atom stereocenters. The first kappa shape index (κ1) is 15.9. The molecule has 2 N–H and O–H groups in total. The minimum atomic E-state index is 0.0371. The summed E-state index contributed by atoms with van der Waals surface area (Å²) in [5.41, 5.74) is 3.35. The van der Waals surface area contributed by atoms with Crippen molar-refractivity contribution >= 4 is 11.6 Å². The molecule has 2 rings (SSSR count). The van der Waals surface area contributed by atoms with Gasteiger partial charge in [0.15, 0.2) is 0 Å². The fraction of sp³-hybridized carbons (Fsp3) is 0.611. The number of hydrogen-bond donors (Lipinski definition) is 2. The standard InChI is InChI=1S/C18H28N2O/c1-4-5-6-10-18(2,3)13-20-17(21)15-8-7-14-9-11-19-16(14)12-15/h7-8,12,19H,4-6,9-11,13H2,1-3H3,(H,20,21). The third kappa shape index (κ3) is 4.48. The average molecular weight is 288 g/mol. The van der Waals surface area contributed by atoms with Crippen LogP contribution in [0.25, 0.3) is 0 Å². The van der Waals surface area contributed by atoms with Crippen LogP contribution in [0.15, 0.2) is 18.2 Å². The van der Waals surface area contributed by atoms with Crippen molar-refractivity contribution in [1.29, 1.82) is 0 Å². The lowest BCUT2D eigenvalue weighted by molar-refractivity contribution is 0.0934. The highest BCUT2D eigenvalue weighted by atomic mass is 16.1. The van der Waals surface area contributed by atoms with Gasteiger partial charge in [-0.1, -0.05) is 46.1 Å². The fourth-order valence-corrected chi connectivity index (χ4v) is 2.80. The van der Waals surface area contributed by atoms with E-state index in [1.165, 1.54) is 24.8 Å². The topological polar surface area (TPSA) is 41.1 Å². The zero-order chi connectivity index (χ0) is 15.3. The van der Waals surface area contributed by atoms with Gasteiger partial charge in [0, 0.05) is 24.3 Å². The maximum Gasteiger partial charge on any atom is 0.251 e. The van der Waals surface area contributed by atoms with E-state index in [0.717, 1.165) is 37.2 Å². The molecule has 0 spiro atoms. The van der Waals surface area contributed by atoms with E-state index in [9.17, 15) is 4.79 Å². The quantitative estimate of drug-likeness (QED) is 0.745. The molecule has 21 heavy (non-hydrogen) atoms. The van der Waals surface area contributed by atoms with Crippen LogP contribution in [0.2, 0.25) is 0 Å². The summed E-state index contributed by atoms with van der Waals surface area (Å²) in [4.78, 5) is 12.3. The van der Waals surface area contributed by atoms with Gasteiger partial charge in [-0.25, -0.2) is 0 Å². The summed E-state index contributed by atoms with van der Waals surface area (Å²) in [5, 5.41) is 6.41. The van der Waals surface area contributed by atoms with Crippen molar-refractivity contribution in [2.24, 2.45) is 5.41 Å². The Morgan fingerprint density at radius 3 is 2.90 bits per heavy atom. The van der Waals surface area contributed by atoms with Gasteiger partial charge in [-0.15, -0.1) is 0 Å². The van der Waals surface area contributed by atoms with E-state index in [-0.39, 0.29) is 11.3 Å². The SMILES string of the molecule is CCCCCC(C)(C)CNC(=O)c1ccc2c(c1)NCC2. The minimum Gasteiger partial charge on any atom is -0.384 e. The number of unbranched alkanes of at least 4 members (excludes halogenated alkanes) is 2. The Labute approximate surface area is 128 Å². The molecule has 1 aromatic rings. The minimum absolute atomic E-state index is 0.0371. The third-order valence-electron chi connectivity index (χ3n) is 4.27. The number of nitrogens with one attached hydrogen (secondary N) is 2. The van der Waals surface area contributed by atoms with Crippen LogP contribution >= 0.6 is 0 Å². The van der Waals surface area contributed by atoms with Gasteiger partial charge >= 0.3 is 0 Å². The highest BCUT2D eigenvalue weighted by Gasteiger charge is 2.19. The smallest absolute Gasteiger partial charge is 0.251 e. The number of fused-ring (bicyclic) bond motifs is 1. The molecule has 1 heterocycles. The van der Waals surface area contributed by atoms with Crippen LogP contribution in [-0.2, 0) is 6.42 Å². The molecule has 1 amide bonds. The Morgan fingerprint density at radius 1 is 1.33 bits per heavy atom. The summed E-state index contributed by atoms with van der Waals surface area (Å²) < 4.78 is 0. The van der Waals surface area contributed by atoms with E-state index in [0.29, 0.717) is 0 Å². The predicted molar refractivity (Wildman–Crippen MR) is 88.9 cm³/mol. The summed E-state index contributed by atoms with van der Waals surface area (Å²) >= 11 is 0. The number of amides is 1. The summed E-state index contributed by atoms with van der Waals surface area (Å²) in [5.74, 6) is 0.0371. The van der Waals surface area contributed by atoms with Crippen LogP contribution in [-0.4, -0.2) is 19.0 Å². The lowest BCUT2D eigenvalue weighted by Gasteiger charge is -2.25. The Kier molecular flexibility index (Phi) is 5.27. The summed E-state index contributed by atoms with van der Waals surface area (Å²) in [7, 11) is 0. The van der Waals surface area contributed by atoms with Gasteiger partial charge in [-0.2, -0.15) is 0 Å². The van der Waals surface area contributed by atoms with Crippen molar-refractivity contribution < 1.29 is 4.79 Å². The van der Waals surface area contributed by atoms with E-state index in [4.69, 9.17) is 0 Å². The van der Waals surface area contributed by atoms with E-state index in [1.54, 1.807) is 0 Å². The summed E-state index contributed by atoms with van der Waals surface area (Å²) in [6.45, 7) is 8.39.